The molecule has 2 saturated heterocycles. The Balaban J connectivity index is 1.72. The first-order valence-electron chi connectivity index (χ1n) is 6.27. The lowest BCUT2D eigenvalue weighted by Crippen LogP contribution is -2.56. The van der Waals surface area contributed by atoms with E-state index in [4.69, 9.17) is 0 Å². The van der Waals surface area contributed by atoms with E-state index in [1.165, 1.54) is 38.8 Å². The molecule has 0 N–H and O–H groups in total. The summed E-state index contributed by atoms with van der Waals surface area (Å²) in [5.74, 6) is 0. The third-order valence-corrected chi connectivity index (χ3v) is 4.27. The van der Waals surface area contributed by atoms with Gasteiger partial charge in [0.15, 0.2) is 0 Å². The molecule has 3 aliphatic rings. The third kappa shape index (κ3) is 1.40. The van der Waals surface area contributed by atoms with Crippen molar-refractivity contribution in [1.29, 1.82) is 0 Å². The second-order valence-corrected chi connectivity index (χ2v) is 5.61. The molecule has 0 aromatic heterocycles. The highest BCUT2D eigenvalue weighted by Crippen LogP contribution is 2.40. The quantitative estimate of drug-likeness (QED) is 0.660. The minimum atomic E-state index is 0.749. The highest BCUT2D eigenvalue weighted by atomic mass is 15.4. The number of hydrogen-bond acceptors (Lipinski definition) is 2. The van der Waals surface area contributed by atoms with Gasteiger partial charge in [0, 0.05) is 37.3 Å². The fraction of sp³-hybridized carbons (Fsp3) is 1.00. The number of likely N-dealkylation sites (tertiary alicyclic amines) is 1. The summed E-state index contributed by atoms with van der Waals surface area (Å²) < 4.78 is 0. The van der Waals surface area contributed by atoms with E-state index in [1.54, 1.807) is 0 Å². The molecule has 1 saturated carbocycles. The monoisotopic (exact) mass is 194 g/mol. The zero-order valence-electron chi connectivity index (χ0n) is 9.45. The van der Waals surface area contributed by atoms with E-state index >= 15 is 0 Å². The Hall–Kier alpha value is -0.0800. The first-order chi connectivity index (χ1) is 6.75. The summed E-state index contributed by atoms with van der Waals surface area (Å²) in [6.07, 6.45) is 5.89. The van der Waals surface area contributed by atoms with Crippen molar-refractivity contribution >= 4 is 0 Å². The standard InChI is InChI=1S/C12H22N2/c1-9(2)13-7-11-5-6-12(8-13)14(11)10-3-4-10/h9-12H,3-8H2,1-2H3. The Morgan fingerprint density at radius 1 is 0.857 bits per heavy atom. The maximum absolute atomic E-state index is 2.86. The van der Waals surface area contributed by atoms with E-state index in [2.05, 4.69) is 23.6 Å². The van der Waals surface area contributed by atoms with Crippen molar-refractivity contribution < 1.29 is 0 Å². The van der Waals surface area contributed by atoms with Gasteiger partial charge in [-0.15, -0.1) is 0 Å². The first kappa shape index (κ1) is 9.17. The van der Waals surface area contributed by atoms with Crippen molar-refractivity contribution in [2.24, 2.45) is 0 Å². The summed E-state index contributed by atoms with van der Waals surface area (Å²) in [6, 6.07) is 3.55. The molecule has 2 nitrogen and oxygen atoms in total. The predicted molar refractivity (Wildman–Crippen MR) is 58.4 cm³/mol. The van der Waals surface area contributed by atoms with Gasteiger partial charge in [0.2, 0.25) is 0 Å². The normalized spacial score (nSPS) is 39.6. The van der Waals surface area contributed by atoms with Gasteiger partial charge in [0.05, 0.1) is 0 Å². The Labute approximate surface area is 87.3 Å². The zero-order valence-corrected chi connectivity index (χ0v) is 9.45. The van der Waals surface area contributed by atoms with Crippen molar-refractivity contribution in [3.8, 4) is 0 Å². The SMILES string of the molecule is CC(C)N1CC2CCC(C1)N2C1CC1. The van der Waals surface area contributed by atoms with Crippen LogP contribution in [0.25, 0.3) is 0 Å². The highest BCUT2D eigenvalue weighted by molar-refractivity contribution is 5.02. The molecule has 0 aromatic rings. The fourth-order valence-electron chi connectivity index (χ4n) is 3.36. The summed E-state index contributed by atoms with van der Waals surface area (Å²) in [5.41, 5.74) is 0. The molecular weight excluding hydrogens is 172 g/mol. The van der Waals surface area contributed by atoms with Gasteiger partial charge in [-0.2, -0.15) is 0 Å². The Bertz CT molecular complexity index is 208. The van der Waals surface area contributed by atoms with E-state index in [-0.39, 0.29) is 0 Å². The van der Waals surface area contributed by atoms with Gasteiger partial charge in [-0.05, 0) is 39.5 Å². The minimum absolute atomic E-state index is 0.749. The molecule has 14 heavy (non-hydrogen) atoms. The molecule has 3 fully saturated rings. The topological polar surface area (TPSA) is 6.48 Å². The van der Waals surface area contributed by atoms with Gasteiger partial charge < -0.3 is 0 Å². The van der Waals surface area contributed by atoms with Crippen molar-refractivity contribution in [2.75, 3.05) is 13.1 Å². The van der Waals surface area contributed by atoms with Crippen LogP contribution in [0.4, 0.5) is 0 Å². The molecule has 2 atom stereocenters. The van der Waals surface area contributed by atoms with E-state index in [1.807, 2.05) is 0 Å². The number of piperazine rings is 1. The molecule has 0 spiro atoms. The molecule has 2 unspecified atom stereocenters. The molecule has 1 aliphatic carbocycles. The van der Waals surface area contributed by atoms with Gasteiger partial charge >= 0.3 is 0 Å². The van der Waals surface area contributed by atoms with Crippen molar-refractivity contribution in [3.05, 3.63) is 0 Å². The van der Waals surface area contributed by atoms with Crippen LogP contribution >= 0.6 is 0 Å². The van der Waals surface area contributed by atoms with Crippen molar-refractivity contribution in [2.45, 2.75) is 63.7 Å². The summed E-state index contributed by atoms with van der Waals surface area (Å²) in [4.78, 5) is 5.54. The molecule has 2 bridgehead atoms. The summed E-state index contributed by atoms with van der Waals surface area (Å²) in [6.45, 7) is 7.35. The largest absolute Gasteiger partial charge is 0.298 e. The van der Waals surface area contributed by atoms with Gasteiger partial charge in [0.25, 0.3) is 0 Å². The zero-order chi connectivity index (χ0) is 9.71. The van der Waals surface area contributed by atoms with Crippen LogP contribution in [0.15, 0.2) is 0 Å². The maximum Gasteiger partial charge on any atom is 0.0230 e. The van der Waals surface area contributed by atoms with Gasteiger partial charge in [0.1, 0.15) is 0 Å². The summed E-state index contributed by atoms with van der Waals surface area (Å²) in [7, 11) is 0. The average Bonchev–Trinajstić information content (AvgIpc) is 2.94. The smallest absolute Gasteiger partial charge is 0.0230 e. The summed E-state index contributed by atoms with van der Waals surface area (Å²) >= 11 is 0. The lowest BCUT2D eigenvalue weighted by molar-refractivity contribution is 0.0439. The van der Waals surface area contributed by atoms with Crippen LogP contribution in [0.2, 0.25) is 0 Å². The molecule has 3 rings (SSSR count). The molecule has 2 heteroatoms. The number of hydrogen-bond donors (Lipinski definition) is 0. The predicted octanol–water partition coefficient (Wildman–Crippen LogP) is 1.71. The van der Waals surface area contributed by atoms with E-state index < -0.39 is 0 Å². The van der Waals surface area contributed by atoms with Crippen LogP contribution < -0.4 is 0 Å². The molecular formula is C12H22N2. The van der Waals surface area contributed by atoms with Crippen molar-refractivity contribution in [1.82, 2.24) is 9.80 Å². The lowest BCUT2D eigenvalue weighted by Gasteiger charge is -2.43. The van der Waals surface area contributed by atoms with Crippen LogP contribution in [0, 0.1) is 0 Å². The lowest BCUT2D eigenvalue weighted by atomic mass is 10.1. The minimum Gasteiger partial charge on any atom is -0.298 e. The molecule has 2 aliphatic heterocycles. The van der Waals surface area contributed by atoms with Crippen LogP contribution in [-0.2, 0) is 0 Å². The molecule has 2 heterocycles. The average molecular weight is 194 g/mol. The summed E-state index contributed by atoms with van der Waals surface area (Å²) in [5, 5.41) is 0. The van der Waals surface area contributed by atoms with E-state index in [9.17, 15) is 0 Å². The number of rotatable bonds is 2. The highest BCUT2D eigenvalue weighted by Gasteiger charge is 2.46. The number of fused-ring (bicyclic) bond motifs is 2. The number of nitrogens with zero attached hydrogens (tertiary/aromatic N) is 2. The Kier molecular flexibility index (Phi) is 2.10. The molecule has 0 radical (unpaired) electrons. The second-order valence-electron chi connectivity index (χ2n) is 5.61. The molecule has 0 aromatic carbocycles. The van der Waals surface area contributed by atoms with Gasteiger partial charge in [-0.1, -0.05) is 0 Å². The van der Waals surface area contributed by atoms with Crippen LogP contribution in [0.5, 0.6) is 0 Å². The van der Waals surface area contributed by atoms with E-state index in [0.717, 1.165) is 24.2 Å². The van der Waals surface area contributed by atoms with Crippen molar-refractivity contribution in [3.63, 3.8) is 0 Å². The molecule has 80 valence electrons. The van der Waals surface area contributed by atoms with Crippen LogP contribution in [0.1, 0.15) is 39.5 Å². The van der Waals surface area contributed by atoms with Gasteiger partial charge in [-0.25, -0.2) is 0 Å². The third-order valence-electron chi connectivity index (χ3n) is 4.27. The van der Waals surface area contributed by atoms with Crippen LogP contribution in [0.3, 0.4) is 0 Å². The second kappa shape index (κ2) is 3.21. The maximum atomic E-state index is 2.86. The molecule has 0 amide bonds. The van der Waals surface area contributed by atoms with Gasteiger partial charge in [-0.3, -0.25) is 9.80 Å². The van der Waals surface area contributed by atoms with E-state index in [0.29, 0.717) is 0 Å². The Morgan fingerprint density at radius 2 is 1.36 bits per heavy atom. The fourth-order valence-corrected chi connectivity index (χ4v) is 3.36. The Morgan fingerprint density at radius 3 is 1.79 bits per heavy atom. The van der Waals surface area contributed by atoms with Crippen LogP contribution in [-0.4, -0.2) is 47.1 Å². The first-order valence-corrected chi connectivity index (χ1v) is 6.27.